The lowest BCUT2D eigenvalue weighted by molar-refractivity contribution is 0.545. The van der Waals surface area contributed by atoms with E-state index in [1.165, 1.54) is 12.8 Å². The summed E-state index contributed by atoms with van der Waals surface area (Å²) in [6.45, 7) is 4.95. The summed E-state index contributed by atoms with van der Waals surface area (Å²) in [4.78, 5) is 9.17. The predicted octanol–water partition coefficient (Wildman–Crippen LogP) is 2.51. The largest absolute Gasteiger partial charge is 0.351 e. The Morgan fingerprint density at radius 3 is 2.95 bits per heavy atom. The molecule has 0 saturated heterocycles. The van der Waals surface area contributed by atoms with E-state index in [2.05, 4.69) is 27.4 Å². The summed E-state index contributed by atoms with van der Waals surface area (Å²) in [5, 5.41) is 13.2. The van der Waals surface area contributed by atoms with Gasteiger partial charge in [0, 0.05) is 13.6 Å². The number of anilines is 1. The third-order valence-corrected chi connectivity index (χ3v) is 5.22. The lowest BCUT2D eigenvalue weighted by Crippen LogP contribution is -2.18. The number of hydrogen-bond acceptors (Lipinski definition) is 6. The molecular formula is C14H19N7S. The van der Waals surface area contributed by atoms with E-state index in [0.717, 1.165) is 33.5 Å². The molecule has 3 aromatic heterocycles. The van der Waals surface area contributed by atoms with E-state index in [9.17, 15) is 0 Å². The van der Waals surface area contributed by atoms with Gasteiger partial charge in [0.15, 0.2) is 10.8 Å². The fourth-order valence-electron chi connectivity index (χ4n) is 2.86. The fourth-order valence-corrected chi connectivity index (χ4v) is 3.83. The van der Waals surface area contributed by atoms with Crippen LogP contribution in [0.3, 0.4) is 0 Å². The van der Waals surface area contributed by atoms with E-state index >= 15 is 0 Å². The highest BCUT2D eigenvalue weighted by Crippen LogP contribution is 2.43. The second-order valence-electron chi connectivity index (χ2n) is 5.77. The maximum atomic E-state index is 4.70. The molecule has 3 heterocycles. The predicted molar refractivity (Wildman–Crippen MR) is 85.9 cm³/mol. The van der Waals surface area contributed by atoms with Crippen LogP contribution in [0.1, 0.15) is 37.3 Å². The van der Waals surface area contributed by atoms with Gasteiger partial charge in [0.1, 0.15) is 12.2 Å². The Kier molecular flexibility index (Phi) is 3.14. The van der Waals surface area contributed by atoms with Crippen molar-refractivity contribution in [2.75, 3.05) is 5.32 Å². The van der Waals surface area contributed by atoms with Gasteiger partial charge in [-0.15, -0.1) is 0 Å². The Hall–Kier alpha value is -1.96. The first-order valence-electron chi connectivity index (χ1n) is 7.61. The van der Waals surface area contributed by atoms with Crippen LogP contribution in [0.25, 0.3) is 10.3 Å². The van der Waals surface area contributed by atoms with E-state index in [1.807, 2.05) is 23.3 Å². The number of hydrogen-bond donors (Lipinski definition) is 1. The smallest absolute Gasteiger partial charge is 0.186 e. The maximum Gasteiger partial charge on any atom is 0.186 e. The van der Waals surface area contributed by atoms with Gasteiger partial charge in [0.2, 0.25) is 0 Å². The minimum Gasteiger partial charge on any atom is -0.351 e. The number of thiazole rings is 1. The topological polar surface area (TPSA) is 73.5 Å². The zero-order valence-electron chi connectivity index (χ0n) is 12.9. The molecule has 3 aromatic rings. The van der Waals surface area contributed by atoms with Crippen molar-refractivity contribution in [2.24, 2.45) is 13.0 Å². The van der Waals surface area contributed by atoms with Crippen molar-refractivity contribution in [3.8, 4) is 0 Å². The van der Waals surface area contributed by atoms with Gasteiger partial charge in [0.25, 0.3) is 0 Å². The highest BCUT2D eigenvalue weighted by atomic mass is 32.1. The zero-order chi connectivity index (χ0) is 15.3. The van der Waals surface area contributed by atoms with Crippen LogP contribution in [0.4, 0.5) is 5.13 Å². The van der Waals surface area contributed by atoms with Crippen LogP contribution in [0.5, 0.6) is 0 Å². The van der Waals surface area contributed by atoms with E-state index in [4.69, 9.17) is 4.98 Å². The van der Waals surface area contributed by atoms with Gasteiger partial charge >= 0.3 is 0 Å². The van der Waals surface area contributed by atoms with Crippen molar-refractivity contribution >= 4 is 26.8 Å². The maximum absolute atomic E-state index is 4.70. The molecule has 1 saturated carbocycles. The SMILES string of the molecule is CCn1ncnc1[C@@H](Nc1nc2c(s1)c(C)nn2C)C1CC1. The minimum absolute atomic E-state index is 0.191. The van der Waals surface area contributed by atoms with Gasteiger partial charge in [-0.25, -0.2) is 19.3 Å². The first-order chi connectivity index (χ1) is 10.7. The van der Waals surface area contributed by atoms with Crippen molar-refractivity contribution in [3.05, 3.63) is 17.8 Å². The molecule has 0 amide bonds. The molecule has 0 spiro atoms. The van der Waals surface area contributed by atoms with E-state index < -0.39 is 0 Å². The van der Waals surface area contributed by atoms with Crippen molar-refractivity contribution in [1.29, 1.82) is 0 Å². The third-order valence-electron chi connectivity index (χ3n) is 4.14. The summed E-state index contributed by atoms with van der Waals surface area (Å²) in [6.07, 6.45) is 4.11. The number of rotatable bonds is 5. The van der Waals surface area contributed by atoms with Crippen molar-refractivity contribution in [2.45, 2.75) is 39.3 Å². The van der Waals surface area contributed by atoms with Crippen LogP contribution in [-0.2, 0) is 13.6 Å². The number of fused-ring (bicyclic) bond motifs is 1. The molecule has 1 aliphatic rings. The van der Waals surface area contributed by atoms with Gasteiger partial charge < -0.3 is 5.32 Å². The van der Waals surface area contributed by atoms with E-state index in [0.29, 0.717) is 5.92 Å². The van der Waals surface area contributed by atoms with Crippen LogP contribution >= 0.6 is 11.3 Å². The first-order valence-corrected chi connectivity index (χ1v) is 8.43. The molecule has 0 aromatic carbocycles. The number of aromatic nitrogens is 6. The van der Waals surface area contributed by atoms with Crippen LogP contribution in [0.15, 0.2) is 6.33 Å². The monoisotopic (exact) mass is 317 g/mol. The standard InChI is InChI=1S/C14H19N7S/c1-4-21-12(15-7-16-21)10(9-5-6-9)17-14-18-13-11(22-14)8(2)19-20(13)3/h7,9-10H,4-6H2,1-3H3,(H,17,18)/t10-/m0/s1. The minimum atomic E-state index is 0.191. The Morgan fingerprint density at radius 1 is 1.45 bits per heavy atom. The first kappa shape index (κ1) is 13.7. The molecule has 116 valence electrons. The van der Waals surface area contributed by atoms with Gasteiger partial charge in [0.05, 0.1) is 16.4 Å². The molecule has 0 aliphatic heterocycles. The average molecular weight is 317 g/mol. The van der Waals surface area contributed by atoms with Gasteiger partial charge in [-0.05, 0) is 32.6 Å². The lowest BCUT2D eigenvalue weighted by Gasteiger charge is -2.17. The second kappa shape index (κ2) is 5.05. The molecule has 22 heavy (non-hydrogen) atoms. The van der Waals surface area contributed by atoms with Crippen molar-refractivity contribution in [3.63, 3.8) is 0 Å². The summed E-state index contributed by atoms with van der Waals surface area (Å²) in [5.74, 6) is 1.64. The van der Waals surface area contributed by atoms with Gasteiger partial charge in [-0.3, -0.25) is 0 Å². The van der Waals surface area contributed by atoms with Gasteiger partial charge in [-0.1, -0.05) is 11.3 Å². The Labute approximate surface area is 132 Å². The fraction of sp³-hybridized carbons (Fsp3) is 0.571. The quantitative estimate of drug-likeness (QED) is 0.782. The molecule has 7 nitrogen and oxygen atoms in total. The summed E-state index contributed by atoms with van der Waals surface area (Å²) < 4.78 is 4.96. The summed E-state index contributed by atoms with van der Waals surface area (Å²) in [5.41, 5.74) is 1.97. The highest BCUT2D eigenvalue weighted by Gasteiger charge is 2.36. The zero-order valence-corrected chi connectivity index (χ0v) is 13.8. The third kappa shape index (κ3) is 2.18. The number of aryl methyl sites for hydroxylation is 3. The van der Waals surface area contributed by atoms with E-state index in [-0.39, 0.29) is 6.04 Å². The summed E-state index contributed by atoms with van der Waals surface area (Å²) >= 11 is 1.67. The molecule has 8 heteroatoms. The Balaban J connectivity index is 1.67. The van der Waals surface area contributed by atoms with Crippen LogP contribution in [-0.4, -0.2) is 29.5 Å². The Morgan fingerprint density at radius 2 is 2.27 bits per heavy atom. The molecule has 4 rings (SSSR count). The van der Waals surface area contributed by atoms with Crippen LogP contribution in [0.2, 0.25) is 0 Å². The molecule has 1 atom stereocenters. The number of nitrogens with one attached hydrogen (secondary N) is 1. The lowest BCUT2D eigenvalue weighted by atomic mass is 10.2. The molecular weight excluding hydrogens is 298 g/mol. The summed E-state index contributed by atoms with van der Waals surface area (Å²) in [7, 11) is 1.94. The molecule has 0 unspecified atom stereocenters. The molecule has 1 N–H and O–H groups in total. The molecule has 1 aliphatic carbocycles. The van der Waals surface area contributed by atoms with Crippen molar-refractivity contribution < 1.29 is 0 Å². The highest BCUT2D eigenvalue weighted by molar-refractivity contribution is 7.22. The average Bonchev–Trinajstić information content (AvgIpc) is 2.98. The van der Waals surface area contributed by atoms with Crippen molar-refractivity contribution in [1.82, 2.24) is 29.5 Å². The molecule has 0 radical (unpaired) electrons. The van der Waals surface area contributed by atoms with Crippen LogP contribution < -0.4 is 5.32 Å². The van der Waals surface area contributed by atoms with E-state index in [1.54, 1.807) is 17.7 Å². The normalized spacial score (nSPS) is 16.3. The van der Waals surface area contributed by atoms with Crippen LogP contribution in [0, 0.1) is 12.8 Å². The van der Waals surface area contributed by atoms with Gasteiger partial charge in [-0.2, -0.15) is 10.2 Å². The number of nitrogens with zero attached hydrogens (tertiary/aromatic N) is 6. The molecule has 1 fully saturated rings. The Bertz CT molecular complexity index is 776. The summed E-state index contributed by atoms with van der Waals surface area (Å²) in [6, 6.07) is 0.191. The second-order valence-corrected chi connectivity index (χ2v) is 6.77. The molecule has 0 bridgehead atoms.